The van der Waals surface area contributed by atoms with Crippen LogP contribution in [0.1, 0.15) is 52.9 Å². The first-order valence-electron chi connectivity index (χ1n) is 11.7. The standard InChI is InChI=1S/C14H16BrNO2.C14H17NO3/c1-14(2,3)18-13(17)16-11(9-15)8-10-6-4-5-7-12(10)16;1-14(2,3)18-13(17)15-11(9-16)8-10-6-4-5-7-12(10)15/h4-8H,9H2,1-3H3;4-8,16H,9H2,1-3H3. The van der Waals surface area contributed by atoms with Gasteiger partial charge in [-0.05, 0) is 65.8 Å². The van der Waals surface area contributed by atoms with E-state index in [0.717, 1.165) is 27.5 Å². The largest absolute Gasteiger partial charge is 0.443 e. The molecule has 4 aromatic rings. The molecule has 0 aliphatic carbocycles. The normalized spacial score (nSPS) is 11.8. The number of halogens is 1. The van der Waals surface area contributed by atoms with Crippen LogP contribution in [-0.2, 0) is 21.4 Å². The zero-order valence-electron chi connectivity index (χ0n) is 21.5. The van der Waals surface area contributed by atoms with Crippen molar-refractivity contribution in [2.45, 2.75) is 64.7 Å². The monoisotopic (exact) mass is 556 g/mol. The molecule has 2 aromatic carbocycles. The average molecular weight is 557 g/mol. The maximum Gasteiger partial charge on any atom is 0.419 e. The fraction of sp³-hybridized carbons (Fsp3) is 0.357. The number of aliphatic hydroxyl groups excluding tert-OH is 1. The van der Waals surface area contributed by atoms with Crippen molar-refractivity contribution in [2.24, 2.45) is 0 Å². The second-order valence-electron chi connectivity index (χ2n) is 10.3. The van der Waals surface area contributed by atoms with E-state index >= 15 is 0 Å². The van der Waals surface area contributed by atoms with Crippen molar-refractivity contribution in [1.82, 2.24) is 9.13 Å². The molecular weight excluding hydrogens is 524 g/mol. The van der Waals surface area contributed by atoms with Crippen LogP contribution in [0.5, 0.6) is 0 Å². The third kappa shape index (κ3) is 6.56. The van der Waals surface area contributed by atoms with Gasteiger partial charge in [0, 0.05) is 21.8 Å². The van der Waals surface area contributed by atoms with Gasteiger partial charge < -0.3 is 14.6 Å². The molecular formula is C28H33BrN2O5. The van der Waals surface area contributed by atoms with Crippen molar-refractivity contribution in [2.75, 3.05) is 0 Å². The van der Waals surface area contributed by atoms with Gasteiger partial charge in [-0.1, -0.05) is 52.3 Å². The maximum absolute atomic E-state index is 12.2. The Hall–Kier alpha value is -3.10. The topological polar surface area (TPSA) is 82.7 Å². The van der Waals surface area contributed by atoms with E-state index in [4.69, 9.17) is 9.47 Å². The van der Waals surface area contributed by atoms with E-state index in [1.807, 2.05) is 96.1 Å². The lowest BCUT2D eigenvalue weighted by atomic mass is 10.2. The van der Waals surface area contributed by atoms with Crippen LogP contribution in [0.3, 0.4) is 0 Å². The number of aliphatic hydroxyl groups is 1. The van der Waals surface area contributed by atoms with E-state index in [0.29, 0.717) is 11.0 Å². The van der Waals surface area contributed by atoms with Crippen LogP contribution in [0, 0.1) is 0 Å². The summed E-state index contributed by atoms with van der Waals surface area (Å²) in [5.41, 5.74) is 1.99. The van der Waals surface area contributed by atoms with Gasteiger partial charge in [-0.15, -0.1) is 0 Å². The lowest BCUT2D eigenvalue weighted by molar-refractivity contribution is 0.0525. The SMILES string of the molecule is CC(C)(C)OC(=O)n1c(CBr)cc2ccccc21.CC(C)(C)OC(=O)n1c(CO)cc2ccccc21. The lowest BCUT2D eigenvalue weighted by Crippen LogP contribution is -2.28. The van der Waals surface area contributed by atoms with Gasteiger partial charge in [-0.2, -0.15) is 0 Å². The summed E-state index contributed by atoms with van der Waals surface area (Å²) in [7, 11) is 0. The van der Waals surface area contributed by atoms with Crippen LogP contribution in [0.15, 0.2) is 60.7 Å². The van der Waals surface area contributed by atoms with Gasteiger partial charge in [-0.25, -0.2) is 18.7 Å². The van der Waals surface area contributed by atoms with Gasteiger partial charge in [0.1, 0.15) is 11.2 Å². The molecule has 0 unspecified atom stereocenters. The molecule has 0 aliphatic rings. The Morgan fingerprint density at radius 2 is 1.14 bits per heavy atom. The summed E-state index contributed by atoms with van der Waals surface area (Å²) in [6.45, 7) is 10.8. The molecule has 0 saturated heterocycles. The van der Waals surface area contributed by atoms with Crippen LogP contribution in [0.2, 0.25) is 0 Å². The molecule has 0 fully saturated rings. The molecule has 36 heavy (non-hydrogen) atoms. The predicted molar refractivity (Wildman–Crippen MR) is 146 cm³/mol. The minimum atomic E-state index is -0.560. The van der Waals surface area contributed by atoms with Gasteiger partial charge in [0.15, 0.2) is 0 Å². The van der Waals surface area contributed by atoms with Gasteiger partial charge in [-0.3, -0.25) is 0 Å². The third-order valence-electron chi connectivity index (χ3n) is 5.03. The summed E-state index contributed by atoms with van der Waals surface area (Å²) < 4.78 is 13.8. The number of carbonyl (C=O) groups excluding carboxylic acids is 2. The first-order valence-corrected chi connectivity index (χ1v) is 12.8. The van der Waals surface area contributed by atoms with Crippen LogP contribution in [-0.4, -0.2) is 37.6 Å². The average Bonchev–Trinajstić information content (AvgIpc) is 3.35. The fourth-order valence-corrected chi connectivity index (χ4v) is 4.10. The van der Waals surface area contributed by atoms with Gasteiger partial charge in [0.2, 0.25) is 0 Å². The molecule has 0 spiro atoms. The summed E-state index contributed by atoms with van der Waals surface area (Å²) in [6.07, 6.45) is -0.800. The first kappa shape index (κ1) is 27.5. The number of ether oxygens (including phenoxy) is 2. The number of nitrogens with zero attached hydrogens (tertiary/aromatic N) is 2. The quantitative estimate of drug-likeness (QED) is 0.263. The number of carbonyl (C=O) groups is 2. The number of aromatic nitrogens is 2. The van der Waals surface area contributed by atoms with Crippen molar-refractivity contribution in [1.29, 1.82) is 0 Å². The second-order valence-corrected chi connectivity index (χ2v) is 10.9. The van der Waals surface area contributed by atoms with Crippen LogP contribution in [0.25, 0.3) is 21.8 Å². The Kier molecular flexibility index (Phi) is 8.31. The number of para-hydroxylation sites is 2. The Morgan fingerprint density at radius 1 is 0.750 bits per heavy atom. The highest BCUT2D eigenvalue weighted by atomic mass is 79.9. The highest BCUT2D eigenvalue weighted by Crippen LogP contribution is 2.24. The fourth-order valence-electron chi connectivity index (χ4n) is 3.69. The molecule has 4 rings (SSSR count). The van der Waals surface area contributed by atoms with Crippen LogP contribution in [0.4, 0.5) is 9.59 Å². The number of alkyl halides is 1. The van der Waals surface area contributed by atoms with Gasteiger partial charge >= 0.3 is 12.2 Å². The number of hydrogen-bond donors (Lipinski definition) is 1. The lowest BCUT2D eigenvalue weighted by Gasteiger charge is -2.20. The summed E-state index contributed by atoms with van der Waals surface area (Å²) in [5.74, 6) is 0. The predicted octanol–water partition coefficient (Wildman–Crippen LogP) is 7.24. The van der Waals surface area contributed by atoms with Gasteiger partial charge in [0.25, 0.3) is 0 Å². The van der Waals surface area contributed by atoms with E-state index in [1.165, 1.54) is 4.57 Å². The molecule has 0 bridgehead atoms. The van der Waals surface area contributed by atoms with E-state index in [1.54, 1.807) is 10.6 Å². The second kappa shape index (κ2) is 10.9. The maximum atomic E-state index is 12.2. The minimum Gasteiger partial charge on any atom is -0.443 e. The third-order valence-corrected chi connectivity index (χ3v) is 5.60. The Balaban J connectivity index is 0.000000201. The molecule has 0 aliphatic heterocycles. The molecule has 7 nitrogen and oxygen atoms in total. The van der Waals surface area contributed by atoms with E-state index in [2.05, 4.69) is 15.9 Å². The Labute approximate surface area is 219 Å². The highest BCUT2D eigenvalue weighted by Gasteiger charge is 2.22. The summed E-state index contributed by atoms with van der Waals surface area (Å²) in [5, 5.41) is 11.9. The molecule has 8 heteroatoms. The summed E-state index contributed by atoms with van der Waals surface area (Å²) in [4.78, 5) is 24.4. The van der Waals surface area contributed by atoms with Crippen molar-refractivity contribution in [3.63, 3.8) is 0 Å². The Bertz CT molecular complexity index is 1270. The van der Waals surface area contributed by atoms with E-state index < -0.39 is 17.3 Å². The number of benzene rings is 2. The first-order chi connectivity index (χ1) is 16.8. The van der Waals surface area contributed by atoms with Crippen LogP contribution >= 0.6 is 15.9 Å². The molecule has 0 atom stereocenters. The van der Waals surface area contributed by atoms with E-state index in [-0.39, 0.29) is 12.7 Å². The summed E-state index contributed by atoms with van der Waals surface area (Å²) in [6, 6.07) is 19.0. The molecule has 0 radical (unpaired) electrons. The van der Waals surface area contributed by atoms with Crippen molar-refractivity contribution in [3.8, 4) is 0 Å². The molecule has 0 amide bonds. The zero-order valence-corrected chi connectivity index (χ0v) is 23.1. The van der Waals surface area contributed by atoms with Crippen molar-refractivity contribution in [3.05, 3.63) is 72.1 Å². The van der Waals surface area contributed by atoms with Gasteiger partial charge in [0.05, 0.1) is 23.3 Å². The summed E-state index contributed by atoms with van der Waals surface area (Å²) >= 11 is 3.41. The van der Waals surface area contributed by atoms with Crippen molar-refractivity contribution < 1.29 is 24.2 Å². The molecule has 192 valence electrons. The minimum absolute atomic E-state index is 0.200. The smallest absolute Gasteiger partial charge is 0.419 e. The number of fused-ring (bicyclic) bond motifs is 2. The van der Waals surface area contributed by atoms with E-state index in [9.17, 15) is 14.7 Å². The number of hydrogen-bond acceptors (Lipinski definition) is 5. The van der Waals surface area contributed by atoms with Crippen molar-refractivity contribution >= 4 is 49.9 Å². The highest BCUT2D eigenvalue weighted by molar-refractivity contribution is 9.08. The molecule has 1 N–H and O–H groups in total. The Morgan fingerprint density at radius 3 is 1.53 bits per heavy atom. The molecule has 0 saturated carbocycles. The molecule has 2 aromatic heterocycles. The molecule has 2 heterocycles. The number of rotatable bonds is 2. The zero-order chi connectivity index (χ0) is 26.7. The van der Waals surface area contributed by atoms with Crippen LogP contribution < -0.4 is 0 Å².